The van der Waals surface area contributed by atoms with Crippen molar-refractivity contribution < 1.29 is 29.0 Å². The summed E-state index contributed by atoms with van der Waals surface area (Å²) in [6.45, 7) is 6.43. The number of ether oxygens (including phenoxy) is 2. The SMILES string of the molecule is CCC(CC)(CC)OC(=O)CC(=O)O.O=C1CCCO1. The molecule has 1 aliphatic heterocycles. The fourth-order valence-electron chi connectivity index (χ4n) is 1.84. The Morgan fingerprint density at radius 3 is 2.05 bits per heavy atom. The number of carbonyl (C=O) groups is 3. The smallest absolute Gasteiger partial charge is 0.317 e. The van der Waals surface area contributed by atoms with Crippen molar-refractivity contribution in [3.63, 3.8) is 0 Å². The molecule has 0 aromatic carbocycles. The highest BCUT2D eigenvalue weighted by Crippen LogP contribution is 2.24. The van der Waals surface area contributed by atoms with E-state index in [1.165, 1.54) is 0 Å². The normalized spacial score (nSPS) is 14.1. The minimum Gasteiger partial charge on any atom is -0.481 e. The van der Waals surface area contributed by atoms with Crippen molar-refractivity contribution in [1.29, 1.82) is 0 Å². The summed E-state index contributed by atoms with van der Waals surface area (Å²) < 4.78 is 9.69. The molecule has 1 saturated heterocycles. The molecule has 0 saturated carbocycles. The summed E-state index contributed by atoms with van der Waals surface area (Å²) in [5, 5.41) is 8.40. The summed E-state index contributed by atoms with van der Waals surface area (Å²) in [6.07, 6.45) is 3.13. The van der Waals surface area contributed by atoms with Gasteiger partial charge >= 0.3 is 17.9 Å². The maximum atomic E-state index is 11.1. The molecule has 0 aromatic rings. The first kappa shape index (κ1) is 18.4. The van der Waals surface area contributed by atoms with Gasteiger partial charge < -0.3 is 14.6 Å². The molecule has 0 amide bonds. The zero-order valence-corrected chi connectivity index (χ0v) is 12.4. The van der Waals surface area contributed by atoms with Gasteiger partial charge in [-0.15, -0.1) is 0 Å². The number of esters is 2. The highest BCUT2D eigenvalue weighted by atomic mass is 16.6. The zero-order valence-electron chi connectivity index (χ0n) is 12.4. The van der Waals surface area contributed by atoms with E-state index in [1.807, 2.05) is 20.8 Å². The van der Waals surface area contributed by atoms with E-state index in [9.17, 15) is 14.4 Å². The van der Waals surface area contributed by atoms with Gasteiger partial charge in [0.25, 0.3) is 0 Å². The summed E-state index contributed by atoms with van der Waals surface area (Å²) in [6, 6.07) is 0. The zero-order chi connectivity index (χ0) is 15.6. The van der Waals surface area contributed by atoms with Crippen molar-refractivity contribution >= 4 is 17.9 Å². The van der Waals surface area contributed by atoms with Crippen LogP contribution in [-0.4, -0.2) is 35.2 Å². The predicted octanol–water partition coefficient (Wildman–Crippen LogP) is 2.30. The van der Waals surface area contributed by atoms with Gasteiger partial charge in [-0.25, -0.2) is 0 Å². The van der Waals surface area contributed by atoms with Crippen LogP contribution in [0.25, 0.3) is 0 Å². The van der Waals surface area contributed by atoms with Crippen LogP contribution in [0.4, 0.5) is 0 Å². The molecule has 1 aliphatic rings. The summed E-state index contributed by atoms with van der Waals surface area (Å²) in [5.74, 6) is -1.84. The lowest BCUT2D eigenvalue weighted by Crippen LogP contribution is -2.33. The molecule has 1 rings (SSSR count). The Labute approximate surface area is 119 Å². The summed E-state index contributed by atoms with van der Waals surface area (Å²) in [5.41, 5.74) is -0.480. The van der Waals surface area contributed by atoms with Gasteiger partial charge in [0.1, 0.15) is 12.0 Å². The van der Waals surface area contributed by atoms with Gasteiger partial charge in [0.05, 0.1) is 6.61 Å². The Hall–Kier alpha value is -1.59. The number of hydrogen-bond donors (Lipinski definition) is 1. The van der Waals surface area contributed by atoms with Crippen molar-refractivity contribution in [1.82, 2.24) is 0 Å². The molecular weight excluding hydrogens is 264 g/mol. The van der Waals surface area contributed by atoms with E-state index in [4.69, 9.17) is 9.84 Å². The Kier molecular flexibility index (Phi) is 8.59. The Morgan fingerprint density at radius 1 is 1.25 bits per heavy atom. The largest absolute Gasteiger partial charge is 0.481 e. The molecule has 1 fully saturated rings. The van der Waals surface area contributed by atoms with Crippen LogP contribution in [0.2, 0.25) is 0 Å². The average molecular weight is 288 g/mol. The van der Waals surface area contributed by atoms with E-state index in [0.29, 0.717) is 32.3 Å². The van der Waals surface area contributed by atoms with E-state index in [1.54, 1.807) is 0 Å². The van der Waals surface area contributed by atoms with Gasteiger partial charge in [0.2, 0.25) is 0 Å². The van der Waals surface area contributed by atoms with Crippen LogP contribution in [0, 0.1) is 0 Å². The van der Waals surface area contributed by atoms with Gasteiger partial charge in [-0.2, -0.15) is 0 Å². The summed E-state index contributed by atoms with van der Waals surface area (Å²) in [7, 11) is 0. The maximum Gasteiger partial charge on any atom is 0.317 e. The van der Waals surface area contributed by atoms with Gasteiger partial charge in [0, 0.05) is 6.42 Å². The Morgan fingerprint density at radius 2 is 1.80 bits per heavy atom. The third kappa shape index (κ3) is 7.11. The molecule has 0 aromatic heterocycles. The van der Waals surface area contributed by atoms with Gasteiger partial charge in [-0.3, -0.25) is 14.4 Å². The van der Waals surface area contributed by atoms with Gasteiger partial charge in [-0.05, 0) is 25.7 Å². The van der Waals surface area contributed by atoms with Crippen LogP contribution in [0.3, 0.4) is 0 Å². The van der Waals surface area contributed by atoms with Crippen LogP contribution in [-0.2, 0) is 23.9 Å². The van der Waals surface area contributed by atoms with Gasteiger partial charge in [0.15, 0.2) is 0 Å². The first-order valence-electron chi connectivity index (χ1n) is 6.98. The lowest BCUT2D eigenvalue weighted by atomic mass is 9.94. The molecule has 1 heterocycles. The quantitative estimate of drug-likeness (QED) is 0.595. The molecular formula is C14H24O6. The van der Waals surface area contributed by atoms with Crippen LogP contribution in [0.1, 0.15) is 59.3 Å². The number of cyclic esters (lactones) is 1. The van der Waals surface area contributed by atoms with Crippen LogP contribution in [0.15, 0.2) is 0 Å². The first-order chi connectivity index (χ1) is 9.39. The lowest BCUT2D eigenvalue weighted by Gasteiger charge is -2.30. The fourth-order valence-corrected chi connectivity index (χ4v) is 1.84. The summed E-state index contributed by atoms with van der Waals surface area (Å²) in [4.78, 5) is 31.4. The van der Waals surface area contributed by atoms with Crippen molar-refractivity contribution in [2.75, 3.05) is 6.61 Å². The average Bonchev–Trinajstić information content (AvgIpc) is 2.87. The van der Waals surface area contributed by atoms with E-state index in [0.717, 1.165) is 6.42 Å². The first-order valence-corrected chi connectivity index (χ1v) is 6.98. The molecule has 0 radical (unpaired) electrons. The molecule has 0 aliphatic carbocycles. The lowest BCUT2D eigenvalue weighted by molar-refractivity contribution is -0.165. The Bertz CT molecular complexity index is 316. The van der Waals surface area contributed by atoms with E-state index >= 15 is 0 Å². The van der Waals surface area contributed by atoms with Crippen molar-refractivity contribution in [2.45, 2.75) is 64.9 Å². The number of aliphatic carboxylic acids is 1. The van der Waals surface area contributed by atoms with E-state index in [-0.39, 0.29) is 5.97 Å². The molecule has 0 bridgehead atoms. The molecule has 6 nitrogen and oxygen atoms in total. The number of carboxylic acid groups (broad SMARTS) is 1. The van der Waals surface area contributed by atoms with Crippen LogP contribution < -0.4 is 0 Å². The molecule has 20 heavy (non-hydrogen) atoms. The summed E-state index contributed by atoms with van der Waals surface area (Å²) >= 11 is 0. The molecule has 1 N–H and O–H groups in total. The molecule has 116 valence electrons. The monoisotopic (exact) mass is 288 g/mol. The number of carbonyl (C=O) groups excluding carboxylic acids is 2. The molecule has 6 heteroatoms. The van der Waals surface area contributed by atoms with Crippen molar-refractivity contribution in [2.24, 2.45) is 0 Å². The highest BCUT2D eigenvalue weighted by Gasteiger charge is 2.28. The minimum absolute atomic E-state index is 0.0463. The predicted molar refractivity (Wildman–Crippen MR) is 72.1 cm³/mol. The van der Waals surface area contributed by atoms with Crippen LogP contribution in [0.5, 0.6) is 0 Å². The topological polar surface area (TPSA) is 89.9 Å². The number of hydrogen-bond acceptors (Lipinski definition) is 5. The molecule has 0 atom stereocenters. The van der Waals surface area contributed by atoms with E-state index in [2.05, 4.69) is 4.74 Å². The minimum atomic E-state index is -1.15. The van der Waals surface area contributed by atoms with Crippen LogP contribution >= 0.6 is 0 Å². The number of rotatable bonds is 6. The van der Waals surface area contributed by atoms with Gasteiger partial charge in [-0.1, -0.05) is 20.8 Å². The van der Waals surface area contributed by atoms with Crippen molar-refractivity contribution in [3.8, 4) is 0 Å². The second-order valence-corrected chi connectivity index (χ2v) is 4.61. The third-order valence-electron chi connectivity index (χ3n) is 3.35. The molecule has 0 unspecified atom stereocenters. The van der Waals surface area contributed by atoms with Crippen molar-refractivity contribution in [3.05, 3.63) is 0 Å². The second-order valence-electron chi connectivity index (χ2n) is 4.61. The number of carboxylic acids is 1. The fraction of sp³-hybridized carbons (Fsp3) is 0.786. The maximum absolute atomic E-state index is 11.1. The molecule has 0 spiro atoms. The second kappa shape index (κ2) is 9.34. The van der Waals surface area contributed by atoms with E-state index < -0.39 is 24.0 Å². The standard InChI is InChI=1S/C10H18O4.C4H6O2/c1-4-10(5-2,6-3)14-9(13)7-8(11)12;5-4-2-1-3-6-4/h4-7H2,1-3H3,(H,11,12);1-3H2. The highest BCUT2D eigenvalue weighted by molar-refractivity contribution is 5.90. The third-order valence-corrected chi connectivity index (χ3v) is 3.35. The Balaban J connectivity index is 0.000000493.